The smallest absolute Gasteiger partial charge is 0.463 e. The van der Waals surface area contributed by atoms with Gasteiger partial charge in [0.2, 0.25) is 0 Å². The lowest BCUT2D eigenvalue weighted by atomic mass is 10.0. The maximum atomic E-state index is 12.9. The van der Waals surface area contributed by atoms with Crippen molar-refractivity contribution in [2.75, 3.05) is 39.6 Å². The van der Waals surface area contributed by atoms with E-state index in [2.05, 4.69) is 154 Å². The zero-order chi connectivity index (χ0) is 70.9. The zero-order valence-electron chi connectivity index (χ0n) is 60.5. The van der Waals surface area contributed by atoms with Gasteiger partial charge in [0.1, 0.15) is 25.4 Å². The molecule has 0 saturated carbocycles. The monoisotopic (exact) mass is 1400 g/mol. The minimum atomic E-state index is -4.93. The SMILES string of the molecule is CC/C=C\C/C=C\C/C=C\C/C=C\C/C=C\C/C=C\CCCCC(=O)OCC(COP(=O)(O)OCC(O)COP(=O)(O)OCC(O)COC(=O)CCCCCCCCCCCCCCC/C=C\C/C=C\C/C=C\C/C=C\C/C=C\CC)OC(=O)CCCCCCCCCCCCC. The van der Waals surface area contributed by atoms with Crippen LogP contribution in [0.2, 0.25) is 0 Å². The van der Waals surface area contributed by atoms with E-state index >= 15 is 0 Å². The third-order valence-electron chi connectivity index (χ3n) is 15.4. The van der Waals surface area contributed by atoms with Gasteiger partial charge in [-0.1, -0.05) is 289 Å². The molecule has 0 heterocycles. The van der Waals surface area contributed by atoms with Gasteiger partial charge in [0.25, 0.3) is 0 Å². The molecule has 97 heavy (non-hydrogen) atoms. The molecule has 0 aliphatic heterocycles. The van der Waals surface area contributed by atoms with E-state index in [4.69, 9.17) is 32.3 Å². The first kappa shape index (κ1) is 92.7. The number of esters is 3. The Morgan fingerprint density at radius 2 is 0.546 bits per heavy atom. The van der Waals surface area contributed by atoms with E-state index in [1.165, 1.54) is 96.3 Å². The number of phosphoric acid groups is 2. The van der Waals surface area contributed by atoms with Crippen LogP contribution in [-0.4, -0.2) is 95.9 Å². The van der Waals surface area contributed by atoms with Crippen LogP contribution in [0, 0.1) is 0 Å². The molecule has 4 N–H and O–H groups in total. The van der Waals surface area contributed by atoms with Crippen LogP contribution in [0.4, 0.5) is 0 Å². The number of carbonyl (C=O) groups is 3. The van der Waals surface area contributed by atoms with Gasteiger partial charge in [-0.15, -0.1) is 0 Å². The number of allylic oxidation sites excluding steroid dienone is 22. The Hall–Kier alpha value is -4.31. The van der Waals surface area contributed by atoms with Crippen LogP contribution in [0.3, 0.4) is 0 Å². The van der Waals surface area contributed by atoms with E-state index in [1.54, 1.807) is 0 Å². The Morgan fingerprint density at radius 3 is 0.887 bits per heavy atom. The summed E-state index contributed by atoms with van der Waals surface area (Å²) in [5.74, 6) is -1.63. The number of ether oxygens (including phenoxy) is 3. The van der Waals surface area contributed by atoms with Gasteiger partial charge >= 0.3 is 33.6 Å². The molecule has 0 fully saturated rings. The highest BCUT2D eigenvalue weighted by molar-refractivity contribution is 7.47. The number of phosphoric ester groups is 2. The summed E-state index contributed by atoms with van der Waals surface area (Å²) in [6.45, 7) is 2.39. The number of unbranched alkanes of at least 4 members (excludes halogenated alkanes) is 25. The van der Waals surface area contributed by atoms with Gasteiger partial charge in [-0.3, -0.25) is 32.5 Å². The predicted octanol–water partition coefficient (Wildman–Crippen LogP) is 21.5. The Labute approximate surface area is 588 Å². The fraction of sp³-hybridized carbons (Fsp3) is 0.684. The number of aliphatic hydroxyl groups excluding tert-OH is 2. The van der Waals surface area contributed by atoms with Crippen LogP contribution in [0.15, 0.2) is 134 Å². The van der Waals surface area contributed by atoms with Crippen LogP contribution in [0.1, 0.15) is 290 Å². The lowest BCUT2D eigenvalue weighted by Gasteiger charge is -2.21. The van der Waals surface area contributed by atoms with Gasteiger partial charge in [0.15, 0.2) is 6.10 Å². The Balaban J connectivity index is 4.49. The number of hydrogen-bond acceptors (Lipinski definition) is 14. The number of rotatable bonds is 70. The Bertz CT molecular complexity index is 2300. The quantitative estimate of drug-likeness (QED) is 0.0146. The van der Waals surface area contributed by atoms with Gasteiger partial charge in [0, 0.05) is 19.3 Å². The second-order valence-corrected chi connectivity index (χ2v) is 27.6. The molecule has 0 radical (unpaired) electrons. The van der Waals surface area contributed by atoms with E-state index in [-0.39, 0.29) is 19.3 Å². The lowest BCUT2D eigenvalue weighted by molar-refractivity contribution is -0.161. The average Bonchev–Trinajstić information content (AvgIpc) is 1.95. The van der Waals surface area contributed by atoms with E-state index in [9.17, 15) is 43.5 Å². The standard InChI is InChI=1S/C79H134O16P2/c1-4-7-10-13-16-19-22-24-26-28-30-32-33-34-35-36-37-38-39-41-43-44-46-48-51-53-56-59-62-65-77(82)89-68-74(80)69-91-96(85,86)92-70-75(81)71-93-97(87,88)94-73-76(95-79(84)67-64-61-58-55-50-21-18-15-12-9-6-3)72-90-78(83)66-63-60-57-54-52-49-47-45-42-40-31-29-27-25-23-20-17-14-11-8-5-2/h7-8,10-11,16-17,19-20,24-27,30-32,34-35,40,45,47,52,54,74-76,80-81H,4-6,9,12-15,18,21-23,28-29,33,36-39,41-44,46,48-51,53,55-73H2,1-3H3,(H,85,86)(H,87,88)/b10-7-,11-8-,19-16-,20-17-,26-24-,27-25-,32-30-,35-34-,40-31-,47-45-,54-52-. The van der Waals surface area contributed by atoms with E-state index in [0.717, 1.165) is 135 Å². The second-order valence-electron chi connectivity index (χ2n) is 24.7. The molecule has 16 nitrogen and oxygen atoms in total. The van der Waals surface area contributed by atoms with Crippen molar-refractivity contribution in [3.63, 3.8) is 0 Å². The number of aliphatic hydroxyl groups is 2. The summed E-state index contributed by atoms with van der Waals surface area (Å²) in [6.07, 6.45) is 85.2. The maximum Gasteiger partial charge on any atom is 0.472 e. The molecular formula is C79H134O16P2. The first-order chi connectivity index (χ1) is 47.2. The summed E-state index contributed by atoms with van der Waals surface area (Å²) in [4.78, 5) is 58.4. The van der Waals surface area contributed by atoms with E-state index in [1.807, 2.05) is 0 Å². The molecule has 0 aliphatic carbocycles. The van der Waals surface area contributed by atoms with Crippen LogP contribution < -0.4 is 0 Å². The third-order valence-corrected chi connectivity index (χ3v) is 17.3. The van der Waals surface area contributed by atoms with Crippen molar-refractivity contribution in [3.05, 3.63) is 134 Å². The molecule has 0 aliphatic rings. The molecule has 556 valence electrons. The Kier molecular flexibility index (Phi) is 68.3. The number of hydrogen-bond donors (Lipinski definition) is 4. The third kappa shape index (κ3) is 72.8. The highest BCUT2D eigenvalue weighted by atomic mass is 31.2. The van der Waals surface area contributed by atoms with Crippen LogP contribution >= 0.6 is 15.6 Å². The van der Waals surface area contributed by atoms with Crippen molar-refractivity contribution in [1.82, 2.24) is 0 Å². The van der Waals surface area contributed by atoms with E-state index < -0.39 is 91.5 Å². The summed E-state index contributed by atoms with van der Waals surface area (Å²) in [6, 6.07) is 0. The molecule has 0 bridgehead atoms. The minimum Gasteiger partial charge on any atom is -0.463 e. The summed E-state index contributed by atoms with van der Waals surface area (Å²) in [5, 5.41) is 20.6. The molecule has 0 aromatic heterocycles. The maximum absolute atomic E-state index is 12.9. The molecule has 0 aromatic rings. The highest BCUT2D eigenvalue weighted by Gasteiger charge is 2.29. The van der Waals surface area contributed by atoms with Gasteiger partial charge in [0.05, 0.1) is 26.4 Å². The highest BCUT2D eigenvalue weighted by Crippen LogP contribution is 2.45. The van der Waals surface area contributed by atoms with Gasteiger partial charge in [-0.2, -0.15) is 0 Å². The average molecular weight is 1400 g/mol. The first-order valence-corrected chi connectivity index (χ1v) is 40.5. The molecule has 0 saturated heterocycles. The van der Waals surface area contributed by atoms with Gasteiger partial charge in [-0.25, -0.2) is 9.13 Å². The van der Waals surface area contributed by atoms with Crippen LogP contribution in [0.5, 0.6) is 0 Å². The van der Waals surface area contributed by atoms with Crippen molar-refractivity contribution < 1.29 is 75.8 Å². The van der Waals surface area contributed by atoms with Gasteiger partial charge in [-0.05, 0) is 116 Å². The van der Waals surface area contributed by atoms with Crippen molar-refractivity contribution in [1.29, 1.82) is 0 Å². The second kappa shape index (κ2) is 71.5. The predicted molar refractivity (Wildman–Crippen MR) is 399 cm³/mol. The minimum absolute atomic E-state index is 0.0944. The largest absolute Gasteiger partial charge is 0.472 e. The van der Waals surface area contributed by atoms with E-state index in [0.29, 0.717) is 19.3 Å². The molecule has 0 amide bonds. The lowest BCUT2D eigenvalue weighted by Crippen LogP contribution is -2.30. The van der Waals surface area contributed by atoms with Gasteiger partial charge < -0.3 is 34.2 Å². The molecule has 0 aromatic carbocycles. The summed E-state index contributed by atoms with van der Waals surface area (Å²) < 4.78 is 60.9. The van der Waals surface area contributed by atoms with Crippen LogP contribution in [0.25, 0.3) is 0 Å². The Morgan fingerprint density at radius 1 is 0.299 bits per heavy atom. The molecule has 0 rings (SSSR count). The summed E-state index contributed by atoms with van der Waals surface area (Å²) in [7, 11) is -9.79. The summed E-state index contributed by atoms with van der Waals surface area (Å²) in [5.41, 5.74) is 0. The summed E-state index contributed by atoms with van der Waals surface area (Å²) >= 11 is 0. The van der Waals surface area contributed by atoms with Crippen molar-refractivity contribution in [2.45, 2.75) is 309 Å². The van der Waals surface area contributed by atoms with Crippen molar-refractivity contribution in [2.24, 2.45) is 0 Å². The molecule has 18 heteroatoms. The normalized spacial score (nSPS) is 14.8. The molecule has 5 atom stereocenters. The van der Waals surface area contributed by atoms with Crippen molar-refractivity contribution >= 4 is 33.6 Å². The molecular weight excluding hydrogens is 1270 g/mol. The molecule has 0 spiro atoms. The van der Waals surface area contributed by atoms with Crippen molar-refractivity contribution in [3.8, 4) is 0 Å². The number of carbonyl (C=O) groups excluding carboxylic acids is 3. The van der Waals surface area contributed by atoms with Crippen LogP contribution in [-0.2, 0) is 55.8 Å². The fourth-order valence-electron chi connectivity index (χ4n) is 9.72. The topological polar surface area (TPSA) is 231 Å². The first-order valence-electron chi connectivity index (χ1n) is 37.5. The fourth-order valence-corrected chi connectivity index (χ4v) is 11.3. The zero-order valence-corrected chi connectivity index (χ0v) is 62.2. The molecule has 5 unspecified atom stereocenters.